The molecular weight excluding hydrogens is 474 g/mol. The second-order valence-electron chi connectivity index (χ2n) is 9.95. The van der Waals surface area contributed by atoms with Crippen LogP contribution in [0.15, 0.2) is 66.9 Å². The van der Waals surface area contributed by atoms with Crippen LogP contribution in [0.1, 0.15) is 50.5 Å². The summed E-state index contributed by atoms with van der Waals surface area (Å²) in [5, 5.41) is 20.0. The van der Waals surface area contributed by atoms with E-state index in [-0.39, 0.29) is 17.6 Å². The molecule has 10 heteroatoms. The second kappa shape index (κ2) is 9.90. The minimum absolute atomic E-state index is 0.287. The van der Waals surface area contributed by atoms with Gasteiger partial charge in [-0.1, -0.05) is 18.2 Å². The van der Waals surface area contributed by atoms with Crippen LogP contribution in [0.3, 0.4) is 0 Å². The van der Waals surface area contributed by atoms with E-state index in [9.17, 15) is 14.7 Å². The predicted octanol–water partition coefficient (Wildman–Crippen LogP) is 5.35. The third-order valence-corrected chi connectivity index (χ3v) is 5.07. The van der Waals surface area contributed by atoms with Gasteiger partial charge in [-0.2, -0.15) is 0 Å². The number of fused-ring (bicyclic) bond motifs is 1. The Bertz CT molecular complexity index is 1450. The Morgan fingerprint density at radius 2 is 1.70 bits per heavy atom. The zero-order valence-electron chi connectivity index (χ0n) is 21.3. The molecule has 4 aromatic rings. The van der Waals surface area contributed by atoms with E-state index in [1.165, 1.54) is 4.52 Å². The fourth-order valence-electron chi connectivity index (χ4n) is 3.39. The number of rotatable bonds is 6. The normalized spacial score (nSPS) is 11.7. The Morgan fingerprint density at radius 1 is 0.946 bits per heavy atom. The first kappa shape index (κ1) is 25.6. The van der Waals surface area contributed by atoms with Crippen LogP contribution in [-0.2, 0) is 10.3 Å². The number of nitrogens with one attached hydrogen (secondary N) is 2. The molecule has 0 spiro atoms. The van der Waals surface area contributed by atoms with Gasteiger partial charge in [0.1, 0.15) is 11.4 Å². The van der Waals surface area contributed by atoms with E-state index in [4.69, 9.17) is 9.47 Å². The number of hydrogen-bond acceptors (Lipinski definition) is 7. The molecular formula is C27H29N5O5. The van der Waals surface area contributed by atoms with Gasteiger partial charge in [0.15, 0.2) is 11.5 Å². The highest BCUT2D eigenvalue weighted by molar-refractivity contribution is 6.04. The minimum atomic E-state index is -1.06. The highest BCUT2D eigenvalue weighted by atomic mass is 16.6. The van der Waals surface area contributed by atoms with Crippen molar-refractivity contribution in [3.05, 3.63) is 78.0 Å². The number of carbonyl (C=O) groups is 2. The van der Waals surface area contributed by atoms with Gasteiger partial charge in [0.05, 0.1) is 11.8 Å². The summed E-state index contributed by atoms with van der Waals surface area (Å²) in [5.74, 6) is 0.723. The van der Waals surface area contributed by atoms with Gasteiger partial charge in [-0.25, -0.2) is 14.3 Å². The minimum Gasteiger partial charge on any atom is -0.444 e. The molecule has 2 aromatic heterocycles. The van der Waals surface area contributed by atoms with E-state index in [2.05, 4.69) is 20.7 Å². The molecule has 10 nitrogen and oxygen atoms in total. The fraction of sp³-hybridized carbons (Fsp3) is 0.259. The smallest absolute Gasteiger partial charge is 0.413 e. The summed E-state index contributed by atoms with van der Waals surface area (Å²) < 4.78 is 12.6. The van der Waals surface area contributed by atoms with E-state index < -0.39 is 17.3 Å². The van der Waals surface area contributed by atoms with Gasteiger partial charge in [0, 0.05) is 23.4 Å². The first-order chi connectivity index (χ1) is 17.4. The number of benzene rings is 2. The molecule has 0 fully saturated rings. The van der Waals surface area contributed by atoms with Crippen LogP contribution in [-0.4, -0.2) is 37.3 Å². The molecule has 0 unspecified atom stereocenters. The summed E-state index contributed by atoms with van der Waals surface area (Å²) >= 11 is 0. The molecule has 0 saturated carbocycles. The van der Waals surface area contributed by atoms with Crippen LogP contribution < -0.4 is 15.4 Å². The summed E-state index contributed by atoms with van der Waals surface area (Å²) in [7, 11) is 0. The van der Waals surface area contributed by atoms with Crippen molar-refractivity contribution in [1.29, 1.82) is 0 Å². The third kappa shape index (κ3) is 6.83. The molecule has 2 aromatic carbocycles. The maximum Gasteiger partial charge on any atom is 0.413 e. The molecule has 37 heavy (non-hydrogen) atoms. The number of anilines is 2. The van der Waals surface area contributed by atoms with Gasteiger partial charge >= 0.3 is 6.09 Å². The largest absolute Gasteiger partial charge is 0.444 e. The summed E-state index contributed by atoms with van der Waals surface area (Å²) in [6, 6.07) is 17.1. The van der Waals surface area contributed by atoms with Crippen molar-refractivity contribution in [2.24, 2.45) is 0 Å². The van der Waals surface area contributed by atoms with E-state index in [1.54, 1.807) is 101 Å². The van der Waals surface area contributed by atoms with Gasteiger partial charge in [0.25, 0.3) is 5.91 Å². The molecule has 0 aliphatic heterocycles. The van der Waals surface area contributed by atoms with Crippen LogP contribution >= 0.6 is 0 Å². The lowest BCUT2D eigenvalue weighted by Crippen LogP contribution is -2.27. The summed E-state index contributed by atoms with van der Waals surface area (Å²) in [6.07, 6.45) is 0.933. The number of nitrogens with zero attached hydrogens (tertiary/aromatic N) is 3. The van der Waals surface area contributed by atoms with Gasteiger partial charge in [-0.15, -0.1) is 5.10 Å². The van der Waals surface area contributed by atoms with E-state index >= 15 is 0 Å². The molecule has 0 atom stereocenters. The lowest BCUT2D eigenvalue weighted by Gasteiger charge is -2.18. The van der Waals surface area contributed by atoms with Crippen molar-refractivity contribution in [3.8, 4) is 11.6 Å². The number of hydrogen-bond donors (Lipinski definition) is 3. The zero-order chi connectivity index (χ0) is 26.8. The highest BCUT2D eigenvalue weighted by Gasteiger charge is 2.19. The average Bonchev–Trinajstić information content (AvgIpc) is 3.19. The molecule has 0 aliphatic rings. The Kier molecular flexibility index (Phi) is 6.86. The SMILES string of the molecule is CC(C)(C)OC(=O)Nc1cn2nc(Oc3cccc(NC(=O)c4cccc(C(C)(C)O)c4)c3)ccc2n1. The van der Waals surface area contributed by atoms with Crippen LogP contribution in [0.5, 0.6) is 11.6 Å². The quantitative estimate of drug-likeness (QED) is 0.324. The molecule has 2 heterocycles. The molecule has 0 saturated heterocycles. The number of ether oxygens (including phenoxy) is 2. The van der Waals surface area contributed by atoms with Gasteiger partial charge in [0.2, 0.25) is 5.88 Å². The first-order valence-corrected chi connectivity index (χ1v) is 11.6. The number of aliphatic hydroxyl groups is 1. The molecule has 0 bridgehead atoms. The van der Waals surface area contributed by atoms with Crippen LogP contribution in [0.2, 0.25) is 0 Å². The predicted molar refractivity (Wildman–Crippen MR) is 139 cm³/mol. The number of amides is 2. The fourth-order valence-corrected chi connectivity index (χ4v) is 3.39. The van der Waals surface area contributed by atoms with Crippen molar-refractivity contribution in [1.82, 2.24) is 14.6 Å². The van der Waals surface area contributed by atoms with E-state index in [0.717, 1.165) is 0 Å². The van der Waals surface area contributed by atoms with Crippen LogP contribution in [0, 0.1) is 0 Å². The van der Waals surface area contributed by atoms with Gasteiger partial charge in [-0.3, -0.25) is 10.1 Å². The van der Waals surface area contributed by atoms with E-state index in [1.807, 2.05) is 0 Å². The van der Waals surface area contributed by atoms with Crippen LogP contribution in [0.25, 0.3) is 5.65 Å². The summed E-state index contributed by atoms with van der Waals surface area (Å²) in [6.45, 7) is 8.66. The highest BCUT2D eigenvalue weighted by Crippen LogP contribution is 2.25. The molecule has 0 aliphatic carbocycles. The molecule has 4 rings (SSSR count). The van der Waals surface area contributed by atoms with Crippen LogP contribution in [0.4, 0.5) is 16.3 Å². The monoisotopic (exact) mass is 503 g/mol. The standard InChI is InChI=1S/C27H29N5O5/c1-26(2,3)37-25(34)30-21-16-32-22(29-21)12-13-23(31-32)36-20-11-7-10-19(15-20)28-24(33)17-8-6-9-18(14-17)27(4,5)35/h6-16,35H,1-5H3,(H,28,33)(H,30,34). The van der Waals surface area contributed by atoms with Crippen molar-refractivity contribution < 1.29 is 24.2 Å². The molecule has 192 valence electrons. The Balaban J connectivity index is 1.45. The average molecular weight is 504 g/mol. The number of aromatic nitrogens is 3. The Labute approximate surface area is 214 Å². The van der Waals surface area contributed by atoms with Crippen molar-refractivity contribution in [2.45, 2.75) is 45.8 Å². The summed E-state index contributed by atoms with van der Waals surface area (Å²) in [4.78, 5) is 29.1. The zero-order valence-corrected chi connectivity index (χ0v) is 21.3. The van der Waals surface area contributed by atoms with Crippen molar-refractivity contribution in [2.75, 3.05) is 10.6 Å². The number of carbonyl (C=O) groups excluding carboxylic acids is 2. The lowest BCUT2D eigenvalue weighted by atomic mass is 9.96. The van der Waals surface area contributed by atoms with Crippen molar-refractivity contribution >= 4 is 29.2 Å². The lowest BCUT2D eigenvalue weighted by molar-refractivity contribution is 0.0634. The Hall–Kier alpha value is -4.44. The number of imidazole rings is 1. The maximum absolute atomic E-state index is 12.8. The Morgan fingerprint density at radius 3 is 2.43 bits per heavy atom. The molecule has 0 radical (unpaired) electrons. The van der Waals surface area contributed by atoms with E-state index in [0.29, 0.717) is 28.2 Å². The van der Waals surface area contributed by atoms with Gasteiger partial charge in [-0.05, 0) is 70.5 Å². The molecule has 2 amide bonds. The van der Waals surface area contributed by atoms with Gasteiger partial charge < -0.3 is 19.9 Å². The second-order valence-corrected chi connectivity index (χ2v) is 9.95. The first-order valence-electron chi connectivity index (χ1n) is 11.6. The maximum atomic E-state index is 12.8. The topological polar surface area (TPSA) is 127 Å². The third-order valence-electron chi connectivity index (χ3n) is 5.07. The summed E-state index contributed by atoms with van der Waals surface area (Å²) in [5.41, 5.74) is 0.421. The molecule has 3 N–H and O–H groups in total. The van der Waals surface area contributed by atoms with Crippen molar-refractivity contribution in [3.63, 3.8) is 0 Å².